The Hall–Kier alpha value is -3.14. The first kappa shape index (κ1) is 25.9. The maximum Gasteiger partial charge on any atom is 0.338 e. The van der Waals surface area contributed by atoms with Crippen molar-refractivity contribution in [2.45, 2.75) is 90.1 Å². The lowest BCUT2D eigenvalue weighted by atomic mass is 9.76. The average molecular weight is 494 g/mol. The number of aliphatic hydroxyl groups excluding tert-OH is 1. The molecule has 1 aliphatic carbocycles. The van der Waals surface area contributed by atoms with E-state index < -0.39 is 22.8 Å². The smallest absolute Gasteiger partial charge is 0.338 e. The average Bonchev–Trinajstić information content (AvgIpc) is 3.44. The molecule has 1 fully saturated rings. The summed E-state index contributed by atoms with van der Waals surface area (Å²) in [5.41, 5.74) is 2.46. The van der Waals surface area contributed by atoms with Crippen molar-refractivity contribution in [3.8, 4) is 6.07 Å². The molecule has 0 amide bonds. The Kier molecular flexibility index (Phi) is 7.01. The third-order valence-electron chi connectivity index (χ3n) is 8.29. The van der Waals surface area contributed by atoms with Gasteiger partial charge in [0.05, 0.1) is 22.8 Å². The van der Waals surface area contributed by atoms with E-state index in [2.05, 4.69) is 11.2 Å². The Morgan fingerprint density at radius 1 is 1.31 bits per heavy atom. The molecule has 4 rings (SSSR count). The Bertz CT molecular complexity index is 1250. The van der Waals surface area contributed by atoms with Gasteiger partial charge in [0.15, 0.2) is 0 Å². The van der Waals surface area contributed by atoms with Crippen molar-refractivity contribution in [2.75, 3.05) is 0 Å². The molecule has 7 heteroatoms. The second-order valence-electron chi connectivity index (χ2n) is 11.0. The summed E-state index contributed by atoms with van der Waals surface area (Å²) in [4.78, 5) is 13.3. The number of hydrogen-bond donors (Lipinski definition) is 1. The van der Waals surface area contributed by atoms with Crippen molar-refractivity contribution in [3.05, 3.63) is 63.4 Å². The van der Waals surface area contributed by atoms with Gasteiger partial charge in [0.25, 0.3) is 0 Å². The van der Waals surface area contributed by atoms with Crippen LogP contribution in [-0.2, 0) is 34.8 Å². The zero-order valence-electron chi connectivity index (χ0n) is 21.9. The molecule has 36 heavy (non-hydrogen) atoms. The number of carbonyl (C=O) groups excluding carboxylic acids is 1. The van der Waals surface area contributed by atoms with Crippen LogP contribution in [-0.4, -0.2) is 26.5 Å². The van der Waals surface area contributed by atoms with E-state index in [0.717, 1.165) is 48.2 Å². The number of benzene rings is 1. The van der Waals surface area contributed by atoms with Crippen molar-refractivity contribution >= 4 is 5.97 Å². The predicted molar refractivity (Wildman–Crippen MR) is 135 cm³/mol. The number of ether oxygens (including phenoxy) is 1. The molecular weight excluding hydrogens is 457 g/mol. The van der Waals surface area contributed by atoms with Crippen LogP contribution < -0.4 is 0 Å². The molecule has 1 unspecified atom stereocenters. The zero-order chi connectivity index (χ0) is 26.3. The third-order valence-corrected chi connectivity index (χ3v) is 8.29. The third kappa shape index (κ3) is 4.78. The minimum Gasteiger partial charge on any atom is -0.512 e. The van der Waals surface area contributed by atoms with E-state index in [1.165, 1.54) is 6.07 Å². The van der Waals surface area contributed by atoms with E-state index in [9.17, 15) is 19.6 Å². The molecule has 1 atom stereocenters. The van der Waals surface area contributed by atoms with Gasteiger partial charge >= 0.3 is 5.97 Å². The maximum atomic E-state index is 14.9. The van der Waals surface area contributed by atoms with Gasteiger partial charge in [-0.05, 0) is 70.9 Å². The normalized spacial score (nSPS) is 21.1. The van der Waals surface area contributed by atoms with E-state index in [1.54, 1.807) is 24.6 Å². The Morgan fingerprint density at radius 2 is 2.00 bits per heavy atom. The van der Waals surface area contributed by atoms with Crippen LogP contribution in [0.3, 0.4) is 0 Å². The van der Waals surface area contributed by atoms with Crippen LogP contribution in [0.4, 0.5) is 4.39 Å². The number of nitriles is 1. The van der Waals surface area contributed by atoms with Crippen LogP contribution in [0, 0.1) is 36.9 Å². The van der Waals surface area contributed by atoms with Gasteiger partial charge in [0.1, 0.15) is 17.2 Å². The van der Waals surface area contributed by atoms with E-state index >= 15 is 0 Å². The van der Waals surface area contributed by atoms with Crippen LogP contribution in [0.15, 0.2) is 29.5 Å². The highest BCUT2D eigenvalue weighted by atomic mass is 19.1. The van der Waals surface area contributed by atoms with Crippen molar-refractivity contribution < 1.29 is 19.0 Å². The lowest BCUT2D eigenvalue weighted by Gasteiger charge is -2.42. The first-order chi connectivity index (χ1) is 17.0. The second-order valence-corrected chi connectivity index (χ2v) is 11.0. The first-order valence-corrected chi connectivity index (χ1v) is 12.8. The molecule has 192 valence electrons. The largest absolute Gasteiger partial charge is 0.512 e. The molecule has 1 N–H and O–H groups in total. The minimum atomic E-state index is -0.912. The highest BCUT2D eigenvalue weighted by Gasteiger charge is 2.48. The van der Waals surface area contributed by atoms with Gasteiger partial charge in [-0.3, -0.25) is 4.68 Å². The van der Waals surface area contributed by atoms with Crippen molar-refractivity contribution in [3.63, 3.8) is 0 Å². The monoisotopic (exact) mass is 493 g/mol. The van der Waals surface area contributed by atoms with Gasteiger partial charge in [-0.2, -0.15) is 10.4 Å². The Labute approximate surface area is 212 Å². The summed E-state index contributed by atoms with van der Waals surface area (Å²) in [5, 5.41) is 24.9. The molecule has 1 aromatic carbocycles. The molecule has 6 nitrogen and oxygen atoms in total. The molecule has 1 aliphatic heterocycles. The van der Waals surface area contributed by atoms with Gasteiger partial charge in [-0.1, -0.05) is 25.0 Å². The van der Waals surface area contributed by atoms with E-state index in [4.69, 9.17) is 4.74 Å². The molecule has 1 saturated carbocycles. The van der Waals surface area contributed by atoms with Crippen LogP contribution in [0.25, 0.3) is 0 Å². The molecule has 2 heterocycles. The van der Waals surface area contributed by atoms with Crippen molar-refractivity contribution in [1.82, 2.24) is 9.78 Å². The topological polar surface area (TPSA) is 88.1 Å². The molecule has 1 aromatic heterocycles. The first-order valence-electron chi connectivity index (χ1n) is 12.8. The summed E-state index contributed by atoms with van der Waals surface area (Å²) in [5.74, 6) is -0.612. The quantitative estimate of drug-likeness (QED) is 0.490. The number of rotatable bonds is 7. The van der Waals surface area contributed by atoms with E-state index in [-0.39, 0.29) is 24.5 Å². The van der Waals surface area contributed by atoms with Gasteiger partial charge in [0, 0.05) is 36.7 Å². The lowest BCUT2D eigenvalue weighted by Crippen LogP contribution is -2.46. The Balaban J connectivity index is 1.59. The van der Waals surface area contributed by atoms with E-state index in [1.807, 2.05) is 27.0 Å². The molecule has 2 aliphatic rings. The van der Waals surface area contributed by atoms with Crippen LogP contribution >= 0.6 is 0 Å². The number of hydrogen-bond acceptors (Lipinski definition) is 5. The van der Waals surface area contributed by atoms with Gasteiger partial charge < -0.3 is 9.84 Å². The summed E-state index contributed by atoms with van der Waals surface area (Å²) < 4.78 is 22.9. The molecule has 0 spiro atoms. The van der Waals surface area contributed by atoms with Gasteiger partial charge in [-0.25, -0.2) is 9.18 Å². The number of aliphatic hydroxyl groups is 1. The van der Waals surface area contributed by atoms with Gasteiger partial charge in [-0.15, -0.1) is 0 Å². The zero-order valence-corrected chi connectivity index (χ0v) is 21.9. The van der Waals surface area contributed by atoms with Crippen LogP contribution in [0.2, 0.25) is 0 Å². The fourth-order valence-corrected chi connectivity index (χ4v) is 5.87. The molecule has 0 radical (unpaired) electrons. The summed E-state index contributed by atoms with van der Waals surface area (Å²) in [6.07, 6.45) is 5.62. The number of halogens is 1. The number of esters is 1. The summed E-state index contributed by atoms with van der Waals surface area (Å²) in [7, 11) is 1.86. The molecule has 0 saturated heterocycles. The summed E-state index contributed by atoms with van der Waals surface area (Å²) >= 11 is 0. The Morgan fingerprint density at radius 3 is 2.56 bits per heavy atom. The molecule has 2 aromatic rings. The minimum absolute atomic E-state index is 0.0955. The maximum absolute atomic E-state index is 14.9. The highest BCUT2D eigenvalue weighted by molar-refractivity contribution is 5.91. The second kappa shape index (κ2) is 9.72. The summed E-state index contributed by atoms with van der Waals surface area (Å²) in [6, 6.07) is 7.16. The van der Waals surface area contributed by atoms with Crippen LogP contribution in [0.5, 0.6) is 0 Å². The standard InChI is InChI=1S/C29H36FN3O3/c1-18-22(19(2)33(5)32-18)15-23-26(34)16-29(36-27(23)35,21-8-6-7-9-21)13-12-20-10-11-24(25(30)14-20)28(3,4)17-31/h10-11,14,21,34H,6-9,12-13,15-16H2,1-5H3. The number of carbonyl (C=O) groups is 1. The number of aryl methyl sites for hydroxylation is 3. The van der Waals surface area contributed by atoms with Crippen molar-refractivity contribution in [2.24, 2.45) is 13.0 Å². The van der Waals surface area contributed by atoms with Crippen LogP contribution in [0.1, 0.15) is 80.5 Å². The SMILES string of the molecule is Cc1nn(C)c(C)c1CC1=C(O)CC(CCc2ccc(C(C)(C)C#N)c(F)c2)(C2CCCC2)OC1=O. The van der Waals surface area contributed by atoms with Crippen molar-refractivity contribution in [1.29, 1.82) is 5.26 Å². The van der Waals surface area contributed by atoms with E-state index in [0.29, 0.717) is 24.0 Å². The molecular formula is C29H36FN3O3. The fraction of sp³-hybridized carbons (Fsp3) is 0.552. The van der Waals surface area contributed by atoms with Gasteiger partial charge in [0.2, 0.25) is 0 Å². The summed E-state index contributed by atoms with van der Waals surface area (Å²) in [6.45, 7) is 7.25. The predicted octanol–water partition coefficient (Wildman–Crippen LogP) is 5.84. The number of cyclic esters (lactones) is 1. The molecule has 0 bridgehead atoms. The number of nitrogens with zero attached hydrogens (tertiary/aromatic N) is 3. The number of aromatic nitrogens is 2. The fourth-order valence-electron chi connectivity index (χ4n) is 5.87. The lowest BCUT2D eigenvalue weighted by molar-refractivity contribution is -0.167. The highest BCUT2D eigenvalue weighted by Crippen LogP contribution is 2.46.